The van der Waals surface area contributed by atoms with E-state index in [4.69, 9.17) is 33.1 Å². The molecule has 192 valence electrons. The van der Waals surface area contributed by atoms with Gasteiger partial charge in [-0.1, -0.05) is 0 Å². The molecule has 0 aromatic rings. The minimum Gasteiger partial charge on any atom is -0.481 e. The summed E-state index contributed by atoms with van der Waals surface area (Å²) in [6, 6.07) is -4.62. The van der Waals surface area contributed by atoms with Crippen molar-refractivity contribution < 1.29 is 39.0 Å². The molecule has 0 bridgehead atoms. The molecule has 1 saturated heterocycles. The molecule has 1 unspecified atom stereocenters. The van der Waals surface area contributed by atoms with Crippen LogP contribution in [-0.4, -0.2) is 94.0 Å². The van der Waals surface area contributed by atoms with Gasteiger partial charge in [0.1, 0.15) is 6.29 Å². The molecule has 1 aliphatic rings. The van der Waals surface area contributed by atoms with Crippen molar-refractivity contribution in [2.24, 2.45) is 22.9 Å². The Morgan fingerprint density at radius 3 is 2.18 bits per heavy atom. The second-order valence-electron chi connectivity index (χ2n) is 8.06. The summed E-state index contributed by atoms with van der Waals surface area (Å²) >= 11 is 0. The van der Waals surface area contributed by atoms with Crippen LogP contribution in [0.25, 0.3) is 0 Å². The Morgan fingerprint density at radius 2 is 1.62 bits per heavy atom. The third kappa shape index (κ3) is 9.58. The molecule has 1 rings (SSSR count). The standard InChI is InChI=1S/C19H33N7O8/c20-10(2-1-5-24-19(22)23)18(34)26-8-9(6-13(26)27)25-12(3-4-14(28)29)17(33)16(32)11(21)7-15(30)31/h9-12,19,24-25H,1-8,20-23H2,(H,28,29)(H,30,31)/t9?,10-,11-,12-/m0/s1. The summed E-state index contributed by atoms with van der Waals surface area (Å²) in [6.45, 7) is 0.283. The zero-order chi connectivity index (χ0) is 26.0. The van der Waals surface area contributed by atoms with Gasteiger partial charge in [0.25, 0.3) is 0 Å². The number of nitrogens with zero attached hydrogens (tertiary/aromatic N) is 1. The van der Waals surface area contributed by atoms with Gasteiger partial charge in [0, 0.05) is 25.4 Å². The van der Waals surface area contributed by atoms with Crippen molar-refractivity contribution in [3.8, 4) is 0 Å². The van der Waals surface area contributed by atoms with Crippen LogP contribution < -0.4 is 33.6 Å². The number of nitrogens with one attached hydrogen (secondary N) is 2. The highest BCUT2D eigenvalue weighted by Gasteiger charge is 2.39. The van der Waals surface area contributed by atoms with Crippen molar-refractivity contribution in [3.63, 3.8) is 0 Å². The monoisotopic (exact) mass is 487 g/mol. The Labute approximate surface area is 195 Å². The van der Waals surface area contributed by atoms with Crippen molar-refractivity contribution in [3.05, 3.63) is 0 Å². The third-order valence-corrected chi connectivity index (χ3v) is 5.15. The molecule has 0 saturated carbocycles. The zero-order valence-corrected chi connectivity index (χ0v) is 18.6. The molecule has 34 heavy (non-hydrogen) atoms. The molecular weight excluding hydrogens is 454 g/mol. The second kappa shape index (κ2) is 13.8. The summed E-state index contributed by atoms with van der Waals surface area (Å²) in [5.74, 6) is -6.02. The van der Waals surface area contributed by atoms with E-state index in [9.17, 15) is 28.8 Å². The molecule has 0 aromatic heterocycles. The van der Waals surface area contributed by atoms with E-state index in [2.05, 4.69) is 10.6 Å². The van der Waals surface area contributed by atoms with E-state index in [1.807, 2.05) is 0 Å². The molecule has 15 heteroatoms. The van der Waals surface area contributed by atoms with Crippen LogP contribution in [0.15, 0.2) is 0 Å². The van der Waals surface area contributed by atoms with E-state index in [-0.39, 0.29) is 25.8 Å². The van der Waals surface area contributed by atoms with Gasteiger partial charge in [-0.05, 0) is 25.8 Å². The fraction of sp³-hybridized carbons (Fsp3) is 0.684. The number of nitrogens with two attached hydrogens (primary N) is 4. The highest BCUT2D eigenvalue weighted by Crippen LogP contribution is 2.16. The largest absolute Gasteiger partial charge is 0.481 e. The molecule has 1 heterocycles. The smallest absolute Gasteiger partial charge is 0.305 e. The van der Waals surface area contributed by atoms with Gasteiger partial charge in [0.2, 0.25) is 23.4 Å². The minimum atomic E-state index is -1.59. The number of carbonyl (C=O) groups excluding carboxylic acids is 4. The molecule has 15 nitrogen and oxygen atoms in total. The Hall–Kier alpha value is -2.82. The molecule has 0 aliphatic carbocycles. The quantitative estimate of drug-likeness (QED) is 0.0582. The molecular formula is C19H33N7O8. The van der Waals surface area contributed by atoms with Crippen LogP contribution in [0, 0.1) is 0 Å². The Balaban J connectivity index is 2.78. The van der Waals surface area contributed by atoms with Gasteiger partial charge in [-0.3, -0.25) is 39.0 Å². The number of carboxylic acid groups (broad SMARTS) is 2. The number of rotatable bonds is 16. The zero-order valence-electron chi connectivity index (χ0n) is 18.6. The van der Waals surface area contributed by atoms with Gasteiger partial charge in [-0.15, -0.1) is 0 Å². The van der Waals surface area contributed by atoms with Crippen molar-refractivity contribution in [1.82, 2.24) is 15.5 Å². The van der Waals surface area contributed by atoms with E-state index >= 15 is 0 Å². The highest BCUT2D eigenvalue weighted by molar-refractivity contribution is 6.41. The van der Waals surface area contributed by atoms with E-state index in [0.717, 1.165) is 4.90 Å². The lowest BCUT2D eigenvalue weighted by Crippen LogP contribution is -2.51. The van der Waals surface area contributed by atoms with E-state index in [1.54, 1.807) is 0 Å². The summed E-state index contributed by atoms with van der Waals surface area (Å²) in [7, 11) is 0. The molecule has 2 amide bonds. The van der Waals surface area contributed by atoms with Gasteiger partial charge in [0.05, 0.1) is 24.5 Å². The van der Waals surface area contributed by atoms with Crippen molar-refractivity contribution in [2.75, 3.05) is 13.1 Å². The fourth-order valence-electron chi connectivity index (χ4n) is 3.42. The number of aliphatic carboxylic acids is 2. The number of likely N-dealkylation sites (tertiary alicyclic amines) is 1. The number of amides is 2. The Morgan fingerprint density at radius 1 is 0.971 bits per heavy atom. The van der Waals surface area contributed by atoms with Crippen LogP contribution in [-0.2, 0) is 28.8 Å². The first-order valence-corrected chi connectivity index (χ1v) is 10.7. The topological polar surface area (TPSA) is 274 Å². The summed E-state index contributed by atoms with van der Waals surface area (Å²) in [5.41, 5.74) is 22.1. The first-order chi connectivity index (χ1) is 15.8. The number of imide groups is 1. The van der Waals surface area contributed by atoms with Crippen LogP contribution in [0.5, 0.6) is 0 Å². The lowest BCUT2D eigenvalue weighted by Gasteiger charge is -2.23. The van der Waals surface area contributed by atoms with Gasteiger partial charge >= 0.3 is 11.9 Å². The van der Waals surface area contributed by atoms with Gasteiger partial charge in [-0.25, -0.2) is 0 Å². The summed E-state index contributed by atoms with van der Waals surface area (Å²) in [6.07, 6.45) is -1.70. The predicted molar refractivity (Wildman–Crippen MR) is 117 cm³/mol. The van der Waals surface area contributed by atoms with Crippen LogP contribution in [0.4, 0.5) is 0 Å². The van der Waals surface area contributed by atoms with E-state index in [0.29, 0.717) is 13.0 Å². The summed E-state index contributed by atoms with van der Waals surface area (Å²) in [4.78, 5) is 72.4. The second-order valence-corrected chi connectivity index (χ2v) is 8.06. The number of hydrogen-bond acceptors (Lipinski definition) is 12. The maximum Gasteiger partial charge on any atom is 0.305 e. The normalized spacial score (nSPS) is 18.6. The Bertz CT molecular complexity index is 791. The molecule has 4 atom stereocenters. The minimum absolute atomic E-state index is 0.135. The van der Waals surface area contributed by atoms with Gasteiger partial charge < -0.3 is 38.5 Å². The van der Waals surface area contributed by atoms with E-state index < -0.39 is 78.6 Å². The lowest BCUT2D eigenvalue weighted by atomic mass is 9.97. The van der Waals surface area contributed by atoms with E-state index in [1.165, 1.54) is 0 Å². The number of Topliss-reactive ketones (excluding diaryl/α,β-unsaturated/α-hetero) is 2. The van der Waals surface area contributed by atoms with Gasteiger partial charge in [-0.2, -0.15) is 0 Å². The van der Waals surface area contributed by atoms with Crippen molar-refractivity contribution in [2.45, 2.75) is 69.0 Å². The average molecular weight is 488 g/mol. The maximum atomic E-state index is 12.6. The third-order valence-electron chi connectivity index (χ3n) is 5.15. The molecule has 0 radical (unpaired) electrons. The molecule has 1 aliphatic heterocycles. The summed E-state index contributed by atoms with van der Waals surface area (Å²) < 4.78 is 0. The number of carbonyl (C=O) groups is 6. The summed E-state index contributed by atoms with van der Waals surface area (Å²) in [5, 5.41) is 23.2. The van der Waals surface area contributed by atoms with Crippen LogP contribution in [0.3, 0.4) is 0 Å². The molecule has 12 N–H and O–H groups in total. The average Bonchev–Trinajstić information content (AvgIpc) is 3.11. The van der Waals surface area contributed by atoms with Crippen LogP contribution in [0.2, 0.25) is 0 Å². The SMILES string of the molecule is NC(N)NCCC[C@H](N)C(=O)N1CC(N[C@@H](CCC(=O)O)C(=O)C(=O)[C@@H](N)CC(=O)O)CC1=O. The number of carboxylic acids is 2. The predicted octanol–water partition coefficient (Wildman–Crippen LogP) is -4.22. The Kier molecular flexibility index (Phi) is 11.8. The van der Waals surface area contributed by atoms with Crippen LogP contribution >= 0.6 is 0 Å². The van der Waals surface area contributed by atoms with Crippen LogP contribution in [0.1, 0.15) is 38.5 Å². The number of ketones is 2. The maximum absolute atomic E-state index is 12.6. The lowest BCUT2D eigenvalue weighted by molar-refractivity contribution is -0.143. The number of hydrogen-bond donors (Lipinski definition) is 8. The first-order valence-electron chi connectivity index (χ1n) is 10.7. The highest BCUT2D eigenvalue weighted by atomic mass is 16.4. The molecule has 0 spiro atoms. The molecule has 0 aromatic carbocycles. The first kappa shape index (κ1) is 29.2. The fourth-order valence-corrected chi connectivity index (χ4v) is 3.42. The van der Waals surface area contributed by atoms with Crippen molar-refractivity contribution in [1.29, 1.82) is 0 Å². The van der Waals surface area contributed by atoms with Crippen molar-refractivity contribution >= 4 is 35.3 Å². The molecule has 1 fully saturated rings. The van der Waals surface area contributed by atoms with Gasteiger partial charge in [0.15, 0.2) is 0 Å².